The molecule has 1 aromatic carbocycles. The zero-order chi connectivity index (χ0) is 18.3. The lowest BCUT2D eigenvalue weighted by Gasteiger charge is -2.30. The van der Waals surface area contributed by atoms with Crippen LogP contribution in [0.2, 0.25) is 0 Å². The Bertz CT molecular complexity index is 761. The summed E-state index contributed by atoms with van der Waals surface area (Å²) in [6.45, 7) is 4.23. The van der Waals surface area contributed by atoms with Gasteiger partial charge in [0.05, 0.1) is 0 Å². The zero-order valence-corrected chi connectivity index (χ0v) is 14.9. The Kier molecular flexibility index (Phi) is 4.44. The second-order valence-corrected chi connectivity index (χ2v) is 7.50. The Hall–Kier alpha value is -2.34. The van der Waals surface area contributed by atoms with Gasteiger partial charge in [0.2, 0.25) is 5.91 Å². The molecule has 2 fully saturated rings. The van der Waals surface area contributed by atoms with Crippen molar-refractivity contribution in [3.8, 4) is 5.75 Å². The predicted molar refractivity (Wildman–Crippen MR) is 97.5 cm³/mol. The van der Waals surface area contributed by atoms with Gasteiger partial charge in [0.1, 0.15) is 17.9 Å². The molecule has 2 heterocycles. The van der Waals surface area contributed by atoms with Crippen LogP contribution in [0.3, 0.4) is 0 Å². The molecule has 138 valence electrons. The summed E-state index contributed by atoms with van der Waals surface area (Å²) in [4.78, 5) is 26.6. The third-order valence-electron chi connectivity index (χ3n) is 5.65. The van der Waals surface area contributed by atoms with Gasteiger partial charge >= 0.3 is 0 Å². The van der Waals surface area contributed by atoms with Crippen molar-refractivity contribution in [1.82, 2.24) is 10.2 Å². The minimum atomic E-state index is -0.434. The van der Waals surface area contributed by atoms with Gasteiger partial charge in [0, 0.05) is 23.8 Å². The number of hydrogen-bond acceptors (Lipinski definition) is 4. The van der Waals surface area contributed by atoms with Crippen LogP contribution < -0.4 is 15.8 Å². The van der Waals surface area contributed by atoms with Crippen molar-refractivity contribution < 1.29 is 14.3 Å². The first-order valence-corrected chi connectivity index (χ1v) is 9.37. The first-order valence-electron chi connectivity index (χ1n) is 9.37. The van der Waals surface area contributed by atoms with E-state index in [1.807, 2.05) is 12.1 Å². The quantitative estimate of drug-likeness (QED) is 0.869. The van der Waals surface area contributed by atoms with Gasteiger partial charge in [-0.1, -0.05) is 13.0 Å². The maximum atomic E-state index is 12.7. The Morgan fingerprint density at radius 1 is 1.19 bits per heavy atom. The number of amides is 2. The van der Waals surface area contributed by atoms with Crippen LogP contribution in [0.25, 0.3) is 0 Å². The summed E-state index contributed by atoms with van der Waals surface area (Å²) in [7, 11) is 0. The summed E-state index contributed by atoms with van der Waals surface area (Å²) >= 11 is 0. The molecule has 2 amide bonds. The molecule has 1 unspecified atom stereocenters. The van der Waals surface area contributed by atoms with Gasteiger partial charge in [-0.3, -0.25) is 9.59 Å². The summed E-state index contributed by atoms with van der Waals surface area (Å²) in [5.74, 6) is 0.517. The first kappa shape index (κ1) is 17.1. The fraction of sp³-hybridized carbons (Fsp3) is 0.500. The molecule has 0 spiro atoms. The van der Waals surface area contributed by atoms with Crippen LogP contribution in [0.4, 0.5) is 0 Å². The van der Waals surface area contributed by atoms with Gasteiger partial charge in [-0.2, -0.15) is 0 Å². The Morgan fingerprint density at radius 3 is 2.77 bits per heavy atom. The molecule has 1 saturated heterocycles. The van der Waals surface area contributed by atoms with Crippen LogP contribution in [0.15, 0.2) is 30.5 Å². The van der Waals surface area contributed by atoms with Gasteiger partial charge in [0.25, 0.3) is 5.91 Å². The van der Waals surface area contributed by atoms with Gasteiger partial charge in [-0.15, -0.1) is 0 Å². The number of carbonyl (C=O) groups is 2. The average Bonchev–Trinajstić information content (AvgIpc) is 2.93. The molecule has 1 saturated carbocycles. The highest BCUT2D eigenvalue weighted by Gasteiger charge is 2.38. The number of piperidine rings is 1. The van der Waals surface area contributed by atoms with E-state index in [1.54, 1.807) is 11.0 Å². The van der Waals surface area contributed by atoms with Crippen molar-refractivity contribution in [2.45, 2.75) is 63.3 Å². The summed E-state index contributed by atoms with van der Waals surface area (Å²) in [6.07, 6.45) is 5.60. The van der Waals surface area contributed by atoms with Crippen LogP contribution >= 0.6 is 0 Å². The van der Waals surface area contributed by atoms with Gasteiger partial charge in [-0.25, -0.2) is 0 Å². The average molecular weight is 355 g/mol. The molecule has 3 N–H and O–H groups in total. The van der Waals surface area contributed by atoms with Crippen LogP contribution in [-0.2, 0) is 11.3 Å². The molecule has 1 aromatic rings. The number of nitrogens with one attached hydrogen (secondary N) is 1. The van der Waals surface area contributed by atoms with E-state index < -0.39 is 6.04 Å². The number of allylic oxidation sites excluding steroid dienone is 1. The van der Waals surface area contributed by atoms with E-state index in [-0.39, 0.29) is 24.0 Å². The van der Waals surface area contributed by atoms with E-state index in [9.17, 15) is 9.59 Å². The minimum Gasteiger partial charge on any atom is -0.489 e. The molecule has 3 aliphatic rings. The fourth-order valence-corrected chi connectivity index (χ4v) is 4.15. The number of fused-ring (bicyclic) bond motifs is 1. The molecule has 2 aliphatic heterocycles. The fourth-order valence-electron chi connectivity index (χ4n) is 4.15. The molecule has 0 bridgehead atoms. The molecule has 3 atom stereocenters. The molecule has 6 heteroatoms. The minimum absolute atomic E-state index is 0.0325. The molecule has 1 aliphatic carbocycles. The van der Waals surface area contributed by atoms with Crippen LogP contribution in [0.1, 0.15) is 54.4 Å². The van der Waals surface area contributed by atoms with E-state index in [0.29, 0.717) is 24.9 Å². The van der Waals surface area contributed by atoms with Crippen molar-refractivity contribution in [1.29, 1.82) is 0 Å². The summed E-state index contributed by atoms with van der Waals surface area (Å²) in [5, 5.41) is 2.76. The van der Waals surface area contributed by atoms with Crippen LogP contribution in [-0.4, -0.2) is 34.9 Å². The Morgan fingerprint density at radius 2 is 2.00 bits per heavy atom. The molecule has 6 nitrogen and oxygen atoms in total. The zero-order valence-electron chi connectivity index (χ0n) is 14.9. The predicted octanol–water partition coefficient (Wildman–Crippen LogP) is 2.08. The standard InChI is InChI=1S/C20H25N3O3/c1-12-6-9-17(19(24)22-12)23-11-13-10-14(7-8-15(13)20(23)25)26-18-5-3-2-4-16(18)21/h7-8,10,16-18H,1-6,9,11,21H2,(H,22,24)/t16-,17?,18-/m1/s1. The SMILES string of the molecule is C=C1CCC(N2Cc3cc(O[C@@H]4CCCC[C@H]4N)ccc3C2=O)C(=O)N1. The lowest BCUT2D eigenvalue weighted by molar-refractivity contribution is -0.126. The smallest absolute Gasteiger partial charge is 0.255 e. The first-order chi connectivity index (χ1) is 12.5. The Balaban J connectivity index is 1.49. The van der Waals surface area contributed by atoms with E-state index in [4.69, 9.17) is 10.5 Å². The molecular weight excluding hydrogens is 330 g/mol. The number of ether oxygens (including phenoxy) is 1. The lowest BCUT2D eigenvalue weighted by Crippen LogP contribution is -2.49. The largest absolute Gasteiger partial charge is 0.489 e. The van der Waals surface area contributed by atoms with E-state index in [1.165, 1.54) is 0 Å². The third kappa shape index (κ3) is 3.09. The molecule has 0 aromatic heterocycles. The highest BCUT2D eigenvalue weighted by molar-refractivity contribution is 6.01. The summed E-state index contributed by atoms with van der Waals surface area (Å²) in [5.41, 5.74) is 8.45. The van der Waals surface area contributed by atoms with E-state index >= 15 is 0 Å². The highest BCUT2D eigenvalue weighted by Crippen LogP contribution is 2.32. The Labute approximate surface area is 153 Å². The van der Waals surface area contributed by atoms with Crippen molar-refractivity contribution in [2.24, 2.45) is 5.73 Å². The van der Waals surface area contributed by atoms with Gasteiger partial charge in [0.15, 0.2) is 0 Å². The lowest BCUT2D eigenvalue weighted by atomic mass is 9.93. The number of hydrogen-bond donors (Lipinski definition) is 2. The van der Waals surface area contributed by atoms with Gasteiger partial charge in [-0.05, 0) is 55.9 Å². The molecular formula is C20H25N3O3. The number of benzene rings is 1. The summed E-state index contributed by atoms with van der Waals surface area (Å²) in [6, 6.07) is 5.20. The molecule has 0 radical (unpaired) electrons. The molecule has 26 heavy (non-hydrogen) atoms. The van der Waals surface area contributed by atoms with Crippen LogP contribution in [0.5, 0.6) is 5.75 Å². The van der Waals surface area contributed by atoms with Gasteiger partial charge < -0.3 is 20.7 Å². The maximum absolute atomic E-state index is 12.7. The number of nitrogens with zero attached hydrogens (tertiary/aromatic N) is 1. The summed E-state index contributed by atoms with van der Waals surface area (Å²) < 4.78 is 6.10. The maximum Gasteiger partial charge on any atom is 0.255 e. The van der Waals surface area contributed by atoms with Crippen molar-refractivity contribution in [2.75, 3.05) is 0 Å². The normalized spacial score (nSPS) is 28.7. The third-order valence-corrected chi connectivity index (χ3v) is 5.65. The van der Waals surface area contributed by atoms with Crippen LogP contribution in [0, 0.1) is 0 Å². The van der Waals surface area contributed by atoms with Crippen molar-refractivity contribution in [3.63, 3.8) is 0 Å². The number of nitrogens with two attached hydrogens (primary N) is 1. The number of rotatable bonds is 3. The highest BCUT2D eigenvalue weighted by atomic mass is 16.5. The number of carbonyl (C=O) groups excluding carboxylic acids is 2. The second kappa shape index (κ2) is 6.76. The second-order valence-electron chi connectivity index (χ2n) is 7.50. The van der Waals surface area contributed by atoms with Crippen molar-refractivity contribution in [3.05, 3.63) is 41.6 Å². The monoisotopic (exact) mass is 355 g/mol. The molecule has 4 rings (SSSR count). The van der Waals surface area contributed by atoms with E-state index in [2.05, 4.69) is 11.9 Å². The van der Waals surface area contributed by atoms with Crippen molar-refractivity contribution >= 4 is 11.8 Å². The topological polar surface area (TPSA) is 84.7 Å². The van der Waals surface area contributed by atoms with E-state index in [0.717, 1.165) is 42.7 Å².